The Bertz CT molecular complexity index is 736. The van der Waals surface area contributed by atoms with E-state index in [2.05, 4.69) is 4.90 Å². The molecule has 4 fully saturated rings. The van der Waals surface area contributed by atoms with Crippen LogP contribution in [0.2, 0.25) is 0 Å². The van der Waals surface area contributed by atoms with Crippen LogP contribution in [0, 0.1) is 5.41 Å². The van der Waals surface area contributed by atoms with Gasteiger partial charge in [-0.05, 0) is 56.9 Å². The number of carboxylic acid groups (broad SMARTS) is 1. The Hall–Kier alpha value is -2.12. The van der Waals surface area contributed by atoms with Gasteiger partial charge in [0.25, 0.3) is 0 Å². The average Bonchev–Trinajstić information content (AvgIpc) is 2.79. The van der Waals surface area contributed by atoms with Crippen LogP contribution < -0.4 is 4.90 Å². The lowest BCUT2D eigenvalue weighted by Crippen LogP contribution is -2.49. The first-order valence-electron chi connectivity index (χ1n) is 11.0. The molecule has 1 saturated carbocycles. The second kappa shape index (κ2) is 8.94. The molecule has 1 aromatic carbocycles. The molecule has 3 saturated heterocycles. The number of aromatic carboxylic acids is 1. The van der Waals surface area contributed by atoms with Crippen LogP contribution >= 0.6 is 0 Å². The molecule has 3 aliphatic heterocycles. The van der Waals surface area contributed by atoms with Gasteiger partial charge in [-0.1, -0.05) is 0 Å². The fourth-order valence-corrected chi connectivity index (χ4v) is 4.78. The molecule has 1 unspecified atom stereocenters. The van der Waals surface area contributed by atoms with Gasteiger partial charge in [0.1, 0.15) is 0 Å². The summed E-state index contributed by atoms with van der Waals surface area (Å²) in [6, 6.07) is 6.91. The quantitative estimate of drug-likeness (QED) is 0.736. The Morgan fingerprint density at radius 2 is 1.83 bits per heavy atom. The molecule has 164 valence electrons. The van der Waals surface area contributed by atoms with Crippen LogP contribution in [0.4, 0.5) is 5.69 Å². The number of piperazine rings is 1. The number of ether oxygens (including phenoxy) is 2. The highest BCUT2D eigenvalue weighted by molar-refractivity contribution is 5.88. The molecule has 0 spiro atoms. The lowest BCUT2D eigenvalue weighted by atomic mass is 9.72. The number of anilines is 1. The van der Waals surface area contributed by atoms with Crippen LogP contribution in [0.5, 0.6) is 0 Å². The van der Waals surface area contributed by atoms with E-state index in [4.69, 9.17) is 14.6 Å². The zero-order chi connectivity index (χ0) is 21.1. The molecule has 1 N–H and O–H groups in total. The van der Waals surface area contributed by atoms with Gasteiger partial charge >= 0.3 is 5.97 Å². The summed E-state index contributed by atoms with van der Waals surface area (Å²) >= 11 is 0. The van der Waals surface area contributed by atoms with Gasteiger partial charge in [0.05, 0.1) is 37.4 Å². The van der Waals surface area contributed by atoms with Gasteiger partial charge in [0, 0.05) is 37.3 Å². The van der Waals surface area contributed by atoms with Gasteiger partial charge in [-0.25, -0.2) is 4.79 Å². The number of carbonyl (C=O) groups is 2. The maximum Gasteiger partial charge on any atom is 0.335 e. The third-order valence-corrected chi connectivity index (χ3v) is 6.87. The summed E-state index contributed by atoms with van der Waals surface area (Å²) in [6.07, 6.45) is 5.40. The Kier molecular flexibility index (Phi) is 6.29. The molecule has 0 radical (unpaired) electrons. The first kappa shape index (κ1) is 21.1. The van der Waals surface area contributed by atoms with E-state index in [0.29, 0.717) is 32.2 Å². The highest BCUT2D eigenvalue weighted by Crippen LogP contribution is 2.43. The number of amides is 1. The lowest BCUT2D eigenvalue weighted by molar-refractivity contribution is -0.152. The zero-order valence-electron chi connectivity index (χ0n) is 17.7. The largest absolute Gasteiger partial charge is 0.478 e. The number of hydrogen-bond acceptors (Lipinski definition) is 5. The predicted octanol–water partition coefficient (Wildman–Crippen LogP) is 2.79. The number of benzene rings is 1. The van der Waals surface area contributed by atoms with Gasteiger partial charge < -0.3 is 24.4 Å². The van der Waals surface area contributed by atoms with E-state index in [-0.39, 0.29) is 23.0 Å². The van der Waals surface area contributed by atoms with Crippen molar-refractivity contribution in [2.75, 3.05) is 44.3 Å². The molecule has 2 bridgehead atoms. The molecule has 4 aliphatic rings. The van der Waals surface area contributed by atoms with E-state index in [0.717, 1.165) is 38.2 Å². The molecule has 0 aromatic heterocycles. The topological polar surface area (TPSA) is 79.3 Å². The van der Waals surface area contributed by atoms with E-state index in [1.54, 1.807) is 12.1 Å². The van der Waals surface area contributed by atoms with Gasteiger partial charge in [0.15, 0.2) is 0 Å². The highest BCUT2D eigenvalue weighted by atomic mass is 16.5. The van der Waals surface area contributed by atoms with E-state index < -0.39 is 5.97 Å². The summed E-state index contributed by atoms with van der Waals surface area (Å²) in [5.41, 5.74) is 1.44. The van der Waals surface area contributed by atoms with Crippen LogP contribution in [-0.2, 0) is 14.3 Å². The molecule has 1 atom stereocenters. The molecule has 1 aliphatic carbocycles. The van der Waals surface area contributed by atoms with Crippen LogP contribution in [0.1, 0.15) is 49.4 Å². The molecule has 1 amide bonds. The summed E-state index contributed by atoms with van der Waals surface area (Å²) in [7, 11) is 0. The van der Waals surface area contributed by atoms with Crippen LogP contribution in [0.3, 0.4) is 0 Å². The number of fused-ring (bicyclic) bond motifs is 3. The van der Waals surface area contributed by atoms with Gasteiger partial charge in [-0.15, -0.1) is 0 Å². The molecule has 3 heterocycles. The van der Waals surface area contributed by atoms with Crippen molar-refractivity contribution in [2.24, 2.45) is 5.41 Å². The van der Waals surface area contributed by atoms with E-state index in [1.165, 1.54) is 12.8 Å². The number of nitrogens with zero attached hydrogens (tertiary/aromatic N) is 2. The van der Waals surface area contributed by atoms with E-state index in [9.17, 15) is 9.59 Å². The van der Waals surface area contributed by atoms with Crippen molar-refractivity contribution in [3.05, 3.63) is 29.8 Å². The van der Waals surface area contributed by atoms with Gasteiger partial charge in [-0.3, -0.25) is 4.79 Å². The minimum atomic E-state index is -0.920. The van der Waals surface area contributed by atoms with Crippen molar-refractivity contribution in [1.82, 2.24) is 4.90 Å². The van der Waals surface area contributed by atoms with Crippen molar-refractivity contribution in [2.45, 2.75) is 51.2 Å². The fourth-order valence-electron chi connectivity index (χ4n) is 4.78. The SMILES string of the molecule is CC(CC(=O)N1CCN(c2ccc(C(=O)O)cc2)CC1)OCC12CCC(CC1)OC2. The number of hydrogen-bond donors (Lipinski definition) is 1. The van der Waals surface area contributed by atoms with Gasteiger partial charge in [-0.2, -0.15) is 0 Å². The second-order valence-corrected chi connectivity index (χ2v) is 9.06. The summed E-state index contributed by atoms with van der Waals surface area (Å²) in [5, 5.41) is 9.02. The molecule has 7 nitrogen and oxygen atoms in total. The molecule has 1 aromatic rings. The van der Waals surface area contributed by atoms with Gasteiger partial charge in [0.2, 0.25) is 5.91 Å². The zero-order valence-corrected chi connectivity index (χ0v) is 17.7. The van der Waals surface area contributed by atoms with E-state index in [1.807, 2.05) is 24.0 Å². The number of carbonyl (C=O) groups excluding carboxylic acids is 1. The highest BCUT2D eigenvalue weighted by Gasteiger charge is 2.41. The third kappa shape index (κ3) is 4.78. The van der Waals surface area contributed by atoms with Crippen LogP contribution in [0.15, 0.2) is 24.3 Å². The van der Waals surface area contributed by atoms with Crippen LogP contribution in [-0.4, -0.2) is 73.5 Å². The maximum absolute atomic E-state index is 12.7. The first-order chi connectivity index (χ1) is 14.4. The second-order valence-electron chi connectivity index (χ2n) is 9.06. The smallest absolute Gasteiger partial charge is 0.335 e. The van der Waals surface area contributed by atoms with Crippen molar-refractivity contribution in [1.29, 1.82) is 0 Å². The Balaban J connectivity index is 1.20. The van der Waals surface area contributed by atoms with Crippen molar-refractivity contribution in [3.8, 4) is 0 Å². The van der Waals surface area contributed by atoms with Crippen LogP contribution in [0.25, 0.3) is 0 Å². The molecular weight excluding hydrogens is 384 g/mol. The minimum Gasteiger partial charge on any atom is -0.478 e. The van der Waals surface area contributed by atoms with Crippen molar-refractivity contribution in [3.63, 3.8) is 0 Å². The Morgan fingerprint density at radius 1 is 1.17 bits per heavy atom. The fraction of sp³-hybridized carbons (Fsp3) is 0.652. The molecular formula is C23H32N2O5. The molecule has 30 heavy (non-hydrogen) atoms. The van der Waals surface area contributed by atoms with Crippen molar-refractivity contribution >= 4 is 17.6 Å². The molecule has 5 rings (SSSR count). The summed E-state index contributed by atoms with van der Waals surface area (Å²) in [4.78, 5) is 27.8. The number of carboxylic acids is 1. The average molecular weight is 417 g/mol. The minimum absolute atomic E-state index is 0.0897. The van der Waals surface area contributed by atoms with Crippen molar-refractivity contribution < 1.29 is 24.2 Å². The Morgan fingerprint density at radius 3 is 2.40 bits per heavy atom. The first-order valence-corrected chi connectivity index (χ1v) is 11.0. The lowest BCUT2D eigenvalue weighted by Gasteiger charge is -2.46. The summed E-state index contributed by atoms with van der Waals surface area (Å²) in [5.74, 6) is -0.777. The normalized spacial score (nSPS) is 27.2. The predicted molar refractivity (Wildman–Crippen MR) is 113 cm³/mol. The summed E-state index contributed by atoms with van der Waals surface area (Å²) < 4.78 is 12.0. The van der Waals surface area contributed by atoms with E-state index >= 15 is 0 Å². The molecule has 7 heteroatoms. The Labute approximate surface area is 177 Å². The monoisotopic (exact) mass is 416 g/mol. The summed E-state index contributed by atoms with van der Waals surface area (Å²) in [6.45, 7) is 6.31. The third-order valence-electron chi connectivity index (χ3n) is 6.87. The number of rotatable bonds is 7. The standard InChI is InChI=1S/C23H32N2O5/c1-17(29-15-23-8-6-20(7-9-23)30-16-23)14-21(26)25-12-10-24(11-13-25)19-4-2-18(3-5-19)22(27)28/h2-5,17,20H,6-16H2,1H3,(H,27,28). The maximum atomic E-state index is 12.7.